The fourth-order valence-electron chi connectivity index (χ4n) is 2.16. The lowest BCUT2D eigenvalue weighted by Crippen LogP contribution is -2.10. The molecule has 0 bridgehead atoms. The molecule has 1 atom stereocenters. The summed E-state index contributed by atoms with van der Waals surface area (Å²) in [6.45, 7) is -0.955. The monoisotopic (exact) mass is 350 g/mol. The van der Waals surface area contributed by atoms with E-state index >= 15 is 0 Å². The van der Waals surface area contributed by atoms with E-state index in [0.29, 0.717) is 10.8 Å². The smallest absolute Gasteiger partial charge is 0.387 e. The Bertz CT molecular complexity index is 806. The lowest BCUT2D eigenvalue weighted by Gasteiger charge is -2.11. The van der Waals surface area contributed by atoms with Gasteiger partial charge in [-0.05, 0) is 54.1 Å². The Labute approximate surface area is 141 Å². The van der Waals surface area contributed by atoms with E-state index in [0.717, 1.165) is 11.1 Å². The molecule has 0 amide bonds. The van der Waals surface area contributed by atoms with Gasteiger partial charge in [-0.25, -0.2) is 0 Å². The summed E-state index contributed by atoms with van der Waals surface area (Å²) in [5.41, 5.74) is 1.65. The minimum atomic E-state index is -2.84. The number of hydrogen-bond donors (Lipinski definition) is 0. The van der Waals surface area contributed by atoms with Crippen LogP contribution < -0.4 is 4.74 Å². The number of hydrogen-bond acceptors (Lipinski definition) is 4. The van der Waals surface area contributed by atoms with Crippen LogP contribution in [0.15, 0.2) is 48.5 Å². The van der Waals surface area contributed by atoms with Crippen molar-refractivity contribution in [1.29, 1.82) is 0 Å². The zero-order chi connectivity index (χ0) is 17.1. The number of rotatable bonds is 5. The maximum atomic E-state index is 12.2. The van der Waals surface area contributed by atoms with Crippen LogP contribution in [0.4, 0.5) is 8.78 Å². The number of benzene rings is 2. The SMILES string of the molecule is CC(c1ccc(OC(F)F)cc1)n1nnc(-c2ccc(Cl)cc2)n1. The summed E-state index contributed by atoms with van der Waals surface area (Å²) >= 11 is 5.86. The highest BCUT2D eigenvalue weighted by Crippen LogP contribution is 2.22. The molecule has 2 aromatic carbocycles. The maximum Gasteiger partial charge on any atom is 0.387 e. The van der Waals surface area contributed by atoms with Crippen molar-refractivity contribution in [2.24, 2.45) is 0 Å². The minimum absolute atomic E-state index is 0.106. The number of aromatic nitrogens is 4. The van der Waals surface area contributed by atoms with Crippen LogP contribution in [0, 0.1) is 0 Å². The van der Waals surface area contributed by atoms with Crippen molar-refractivity contribution in [1.82, 2.24) is 20.2 Å². The third-order valence-electron chi connectivity index (χ3n) is 3.46. The first-order valence-electron chi connectivity index (χ1n) is 7.13. The Morgan fingerprint density at radius 2 is 1.71 bits per heavy atom. The van der Waals surface area contributed by atoms with Gasteiger partial charge in [0.1, 0.15) is 5.75 Å². The van der Waals surface area contributed by atoms with Gasteiger partial charge in [-0.1, -0.05) is 23.7 Å². The lowest BCUT2D eigenvalue weighted by atomic mass is 10.1. The van der Waals surface area contributed by atoms with Gasteiger partial charge >= 0.3 is 6.61 Å². The van der Waals surface area contributed by atoms with Crippen LogP contribution in [-0.4, -0.2) is 26.8 Å². The Balaban J connectivity index is 1.78. The normalized spacial score (nSPS) is 12.4. The summed E-state index contributed by atoms with van der Waals surface area (Å²) in [4.78, 5) is 1.47. The van der Waals surface area contributed by atoms with Gasteiger partial charge in [0.25, 0.3) is 0 Å². The van der Waals surface area contributed by atoms with E-state index in [1.54, 1.807) is 24.3 Å². The van der Waals surface area contributed by atoms with E-state index in [2.05, 4.69) is 20.1 Å². The molecule has 3 aromatic rings. The zero-order valence-corrected chi connectivity index (χ0v) is 13.4. The molecule has 0 fully saturated rings. The molecule has 1 aromatic heterocycles. The van der Waals surface area contributed by atoms with Crippen molar-refractivity contribution < 1.29 is 13.5 Å². The molecule has 24 heavy (non-hydrogen) atoms. The predicted octanol–water partition coefficient (Wildman–Crippen LogP) is 4.20. The number of alkyl halides is 2. The fraction of sp³-hybridized carbons (Fsp3) is 0.188. The topological polar surface area (TPSA) is 52.8 Å². The van der Waals surface area contributed by atoms with Crippen LogP contribution in [0.5, 0.6) is 5.75 Å². The number of ether oxygens (including phenoxy) is 1. The van der Waals surface area contributed by atoms with E-state index in [-0.39, 0.29) is 11.8 Å². The van der Waals surface area contributed by atoms with Gasteiger partial charge in [0, 0.05) is 10.6 Å². The molecule has 1 heterocycles. The van der Waals surface area contributed by atoms with Crippen LogP contribution in [0.3, 0.4) is 0 Å². The quantitative estimate of drug-likeness (QED) is 0.692. The first-order valence-corrected chi connectivity index (χ1v) is 7.51. The van der Waals surface area contributed by atoms with Gasteiger partial charge in [-0.2, -0.15) is 13.6 Å². The molecule has 0 aliphatic carbocycles. The van der Waals surface area contributed by atoms with Crippen LogP contribution in [0.25, 0.3) is 11.4 Å². The third-order valence-corrected chi connectivity index (χ3v) is 3.72. The van der Waals surface area contributed by atoms with Crippen molar-refractivity contribution in [3.8, 4) is 17.1 Å². The Hall–Kier alpha value is -2.54. The molecule has 1 unspecified atom stereocenters. The minimum Gasteiger partial charge on any atom is -0.435 e. The third kappa shape index (κ3) is 3.68. The van der Waals surface area contributed by atoms with Gasteiger partial charge in [-0.15, -0.1) is 10.2 Å². The largest absolute Gasteiger partial charge is 0.435 e. The van der Waals surface area contributed by atoms with Gasteiger partial charge < -0.3 is 4.74 Å². The van der Waals surface area contributed by atoms with E-state index in [1.165, 1.54) is 16.9 Å². The molecule has 5 nitrogen and oxygen atoms in total. The first-order chi connectivity index (χ1) is 11.5. The standard InChI is InChI=1S/C16H13ClF2N4O/c1-10(11-4-8-14(9-5-11)24-16(18)19)23-21-15(20-22-23)12-2-6-13(17)7-3-12/h2-10,16H,1H3. The second kappa shape index (κ2) is 6.92. The highest BCUT2D eigenvalue weighted by Gasteiger charge is 2.14. The number of tetrazole rings is 1. The molecule has 124 valence electrons. The molecule has 0 aliphatic heterocycles. The molecular formula is C16H13ClF2N4O. The van der Waals surface area contributed by atoms with Crippen molar-refractivity contribution in [3.05, 3.63) is 59.1 Å². The molecular weight excluding hydrogens is 338 g/mol. The molecule has 0 radical (unpaired) electrons. The van der Waals surface area contributed by atoms with Crippen LogP contribution >= 0.6 is 11.6 Å². The molecule has 0 saturated carbocycles. The summed E-state index contributed by atoms with van der Waals surface area (Å²) in [7, 11) is 0. The van der Waals surface area contributed by atoms with Crippen molar-refractivity contribution >= 4 is 11.6 Å². The van der Waals surface area contributed by atoms with Gasteiger partial charge in [0.15, 0.2) is 0 Å². The molecule has 0 N–H and O–H groups in total. The second-order valence-corrected chi connectivity index (χ2v) is 5.50. The fourth-order valence-corrected chi connectivity index (χ4v) is 2.29. The maximum absolute atomic E-state index is 12.2. The summed E-state index contributed by atoms with van der Waals surface area (Å²) in [5, 5.41) is 13.1. The molecule has 0 aliphatic rings. The molecule has 0 spiro atoms. The first kappa shape index (κ1) is 16.3. The van der Waals surface area contributed by atoms with Crippen molar-refractivity contribution in [2.45, 2.75) is 19.6 Å². The Morgan fingerprint density at radius 3 is 2.33 bits per heavy atom. The second-order valence-electron chi connectivity index (χ2n) is 5.06. The average Bonchev–Trinajstić information content (AvgIpc) is 3.05. The van der Waals surface area contributed by atoms with E-state index in [1.807, 2.05) is 19.1 Å². The highest BCUT2D eigenvalue weighted by molar-refractivity contribution is 6.30. The summed E-state index contributed by atoms with van der Waals surface area (Å²) < 4.78 is 28.7. The number of halogens is 3. The van der Waals surface area contributed by atoms with Crippen LogP contribution in [-0.2, 0) is 0 Å². The van der Waals surface area contributed by atoms with Crippen LogP contribution in [0.2, 0.25) is 5.02 Å². The van der Waals surface area contributed by atoms with Gasteiger partial charge in [0.05, 0.1) is 6.04 Å². The van der Waals surface area contributed by atoms with E-state index in [4.69, 9.17) is 11.6 Å². The van der Waals surface area contributed by atoms with E-state index in [9.17, 15) is 8.78 Å². The number of nitrogens with zero attached hydrogens (tertiary/aromatic N) is 4. The summed E-state index contributed by atoms with van der Waals surface area (Å²) in [6.07, 6.45) is 0. The van der Waals surface area contributed by atoms with Crippen LogP contribution in [0.1, 0.15) is 18.5 Å². The van der Waals surface area contributed by atoms with Gasteiger partial charge in [-0.3, -0.25) is 0 Å². The summed E-state index contributed by atoms with van der Waals surface area (Å²) in [5.74, 6) is 0.588. The van der Waals surface area contributed by atoms with Crippen molar-refractivity contribution in [3.63, 3.8) is 0 Å². The molecule has 0 saturated heterocycles. The molecule has 8 heteroatoms. The Kier molecular flexibility index (Phi) is 4.71. The Morgan fingerprint density at radius 1 is 1.04 bits per heavy atom. The summed E-state index contributed by atoms with van der Waals surface area (Å²) in [6, 6.07) is 13.3. The van der Waals surface area contributed by atoms with Gasteiger partial charge in [0.2, 0.25) is 5.82 Å². The zero-order valence-electron chi connectivity index (χ0n) is 12.6. The predicted molar refractivity (Wildman–Crippen MR) is 85.2 cm³/mol. The lowest BCUT2D eigenvalue weighted by molar-refractivity contribution is -0.0498. The molecule has 3 rings (SSSR count). The average molecular weight is 351 g/mol. The van der Waals surface area contributed by atoms with E-state index < -0.39 is 6.61 Å². The van der Waals surface area contributed by atoms with Crippen molar-refractivity contribution in [2.75, 3.05) is 0 Å². The highest BCUT2D eigenvalue weighted by atomic mass is 35.5.